The van der Waals surface area contributed by atoms with Crippen molar-refractivity contribution in [3.63, 3.8) is 0 Å². The number of carbonyl (C=O) groups is 2. The van der Waals surface area contributed by atoms with Crippen molar-refractivity contribution in [1.82, 2.24) is 20.2 Å². The molecule has 2 amide bonds. The molecule has 0 bridgehead atoms. The quantitative estimate of drug-likeness (QED) is 0.638. The number of halogens is 3. The van der Waals surface area contributed by atoms with Crippen LogP contribution in [-0.2, 0) is 15.8 Å². The molecule has 13 heteroatoms. The average Bonchev–Trinajstić information content (AvgIpc) is 2.81. The van der Waals surface area contributed by atoms with Crippen LogP contribution in [0.2, 0.25) is 0 Å². The number of carbonyl (C=O) groups excluding carboxylic acids is 2. The molecule has 2 aliphatic rings. The molecule has 3 rings (SSSR count). The van der Waals surface area contributed by atoms with Gasteiger partial charge in [0.05, 0.1) is 17.4 Å². The Kier molecular flexibility index (Phi) is 8.15. The molecular formula is C21H29F3N6O4. The fraction of sp³-hybridized carbons (Fsp3) is 0.667. The molecule has 0 spiro atoms. The second-order valence-corrected chi connectivity index (χ2v) is 8.38. The van der Waals surface area contributed by atoms with Crippen molar-refractivity contribution in [1.29, 1.82) is 0 Å². The number of hydrogen-bond donors (Lipinski definition) is 1. The number of piperidine rings is 2. The number of anilines is 1. The number of aromatic nitrogens is 2. The fourth-order valence-corrected chi connectivity index (χ4v) is 3.67. The summed E-state index contributed by atoms with van der Waals surface area (Å²) in [5.41, 5.74) is -1.07. The Morgan fingerprint density at radius 3 is 2.38 bits per heavy atom. The predicted octanol–water partition coefficient (Wildman–Crippen LogP) is 2.84. The predicted molar refractivity (Wildman–Crippen MR) is 117 cm³/mol. The maximum absolute atomic E-state index is 13.4. The molecule has 1 N–H and O–H groups in total. The van der Waals surface area contributed by atoms with Crippen molar-refractivity contribution in [2.24, 2.45) is 5.16 Å². The van der Waals surface area contributed by atoms with E-state index in [1.807, 2.05) is 0 Å². The Balaban J connectivity index is 1.53. The van der Waals surface area contributed by atoms with E-state index >= 15 is 0 Å². The van der Waals surface area contributed by atoms with Gasteiger partial charge in [-0.15, -0.1) is 0 Å². The summed E-state index contributed by atoms with van der Waals surface area (Å²) in [4.78, 5) is 40.2. The van der Waals surface area contributed by atoms with Gasteiger partial charge in [-0.1, -0.05) is 5.16 Å². The van der Waals surface area contributed by atoms with E-state index in [9.17, 15) is 22.8 Å². The van der Waals surface area contributed by atoms with Gasteiger partial charge >= 0.3 is 12.3 Å². The summed E-state index contributed by atoms with van der Waals surface area (Å²) < 4.78 is 45.4. The lowest BCUT2D eigenvalue weighted by atomic mass is 10.1. The van der Waals surface area contributed by atoms with Crippen LogP contribution in [0.4, 0.5) is 23.9 Å². The van der Waals surface area contributed by atoms with Gasteiger partial charge in [0, 0.05) is 65.1 Å². The van der Waals surface area contributed by atoms with Crippen LogP contribution in [-0.4, -0.2) is 78.0 Å². The zero-order valence-corrected chi connectivity index (χ0v) is 19.4. The van der Waals surface area contributed by atoms with Crippen LogP contribution in [0.15, 0.2) is 11.4 Å². The number of likely N-dealkylation sites (tertiary alicyclic amines) is 1. The number of nitrogens with one attached hydrogen (secondary N) is 1. The summed E-state index contributed by atoms with van der Waals surface area (Å²) in [6.45, 7) is 5.41. The van der Waals surface area contributed by atoms with Gasteiger partial charge in [-0.05, 0) is 13.8 Å². The summed E-state index contributed by atoms with van der Waals surface area (Å²) >= 11 is 0. The lowest BCUT2D eigenvalue weighted by Crippen LogP contribution is -2.41. The van der Waals surface area contributed by atoms with E-state index in [2.05, 4.69) is 20.4 Å². The second-order valence-electron chi connectivity index (χ2n) is 8.38. The summed E-state index contributed by atoms with van der Waals surface area (Å²) in [6, 6.07) is 0. The van der Waals surface area contributed by atoms with E-state index < -0.39 is 23.3 Å². The van der Waals surface area contributed by atoms with Crippen molar-refractivity contribution in [2.75, 3.05) is 38.1 Å². The van der Waals surface area contributed by atoms with Gasteiger partial charge in [0.25, 0.3) is 5.91 Å². The van der Waals surface area contributed by atoms with Crippen LogP contribution in [0.3, 0.4) is 0 Å². The number of ether oxygens (including phenoxy) is 1. The number of nitrogens with zero attached hydrogens (tertiary/aromatic N) is 5. The smallest absolute Gasteiger partial charge is 0.434 e. The second kappa shape index (κ2) is 10.9. The molecule has 0 aromatic carbocycles. The van der Waals surface area contributed by atoms with Crippen LogP contribution < -0.4 is 10.2 Å². The van der Waals surface area contributed by atoms with Gasteiger partial charge in [0.15, 0.2) is 5.69 Å². The van der Waals surface area contributed by atoms with Gasteiger partial charge in [-0.3, -0.25) is 4.79 Å². The minimum absolute atomic E-state index is 0.0828. The standard InChI is InChI=1S/C21H29F3N6O4/c1-13(2)33-20(32)30-10-6-15(7-11-30)34-28-14-4-8-29(9-5-14)19-26-12-16(18(31)25-3)17(27-19)21(22,23)24/h12-13,15H,4-11H2,1-3H3,(H,25,31). The SMILES string of the molecule is CNC(=O)c1cnc(N2CCC(=NOC3CCN(C(=O)OC(C)C)CC3)CC2)nc1C(F)(F)F. The van der Waals surface area contributed by atoms with Gasteiger partial charge < -0.3 is 24.7 Å². The van der Waals surface area contributed by atoms with Crippen LogP contribution >= 0.6 is 0 Å². The first-order chi connectivity index (χ1) is 16.1. The number of hydrogen-bond acceptors (Lipinski definition) is 8. The topological polar surface area (TPSA) is 109 Å². The first-order valence-corrected chi connectivity index (χ1v) is 11.2. The molecule has 34 heavy (non-hydrogen) atoms. The molecule has 188 valence electrons. The summed E-state index contributed by atoms with van der Waals surface area (Å²) in [5, 5.41) is 6.41. The molecule has 1 aromatic heterocycles. The molecule has 1 aromatic rings. The van der Waals surface area contributed by atoms with Crippen molar-refractivity contribution in [3.8, 4) is 0 Å². The fourth-order valence-electron chi connectivity index (χ4n) is 3.67. The van der Waals surface area contributed by atoms with E-state index in [1.54, 1.807) is 23.6 Å². The highest BCUT2D eigenvalue weighted by molar-refractivity contribution is 5.95. The molecule has 0 unspecified atom stereocenters. The highest BCUT2D eigenvalue weighted by Gasteiger charge is 2.38. The minimum Gasteiger partial charge on any atom is -0.447 e. The first-order valence-electron chi connectivity index (χ1n) is 11.2. The monoisotopic (exact) mass is 486 g/mol. The van der Waals surface area contributed by atoms with Gasteiger partial charge in [-0.25, -0.2) is 14.8 Å². The van der Waals surface area contributed by atoms with E-state index in [1.165, 1.54) is 7.05 Å². The minimum atomic E-state index is -4.78. The molecular weight excluding hydrogens is 457 g/mol. The number of rotatable bonds is 5. The molecule has 0 aliphatic carbocycles. The lowest BCUT2D eigenvalue weighted by Gasteiger charge is -2.31. The van der Waals surface area contributed by atoms with E-state index in [-0.39, 0.29) is 24.2 Å². The molecule has 2 aliphatic heterocycles. The highest BCUT2D eigenvalue weighted by atomic mass is 19.4. The van der Waals surface area contributed by atoms with Crippen molar-refractivity contribution in [3.05, 3.63) is 17.5 Å². The van der Waals surface area contributed by atoms with E-state index in [4.69, 9.17) is 9.57 Å². The molecule has 0 radical (unpaired) electrons. The molecule has 3 heterocycles. The Morgan fingerprint density at radius 1 is 1.18 bits per heavy atom. The van der Waals surface area contributed by atoms with E-state index in [0.29, 0.717) is 51.9 Å². The summed E-state index contributed by atoms with van der Waals surface area (Å²) in [7, 11) is 1.24. The number of oxime groups is 1. The maximum atomic E-state index is 13.4. The lowest BCUT2D eigenvalue weighted by molar-refractivity contribution is -0.141. The Bertz CT molecular complexity index is 906. The Morgan fingerprint density at radius 2 is 1.82 bits per heavy atom. The summed E-state index contributed by atoms with van der Waals surface area (Å²) in [6.07, 6.45) is -2.23. The maximum Gasteiger partial charge on any atom is 0.434 e. The van der Waals surface area contributed by atoms with Crippen molar-refractivity contribution < 1.29 is 32.3 Å². The van der Waals surface area contributed by atoms with Gasteiger partial charge in [0.1, 0.15) is 6.10 Å². The largest absolute Gasteiger partial charge is 0.447 e. The molecule has 10 nitrogen and oxygen atoms in total. The van der Waals surface area contributed by atoms with Crippen LogP contribution in [0.25, 0.3) is 0 Å². The van der Waals surface area contributed by atoms with Crippen LogP contribution in [0.1, 0.15) is 55.6 Å². The molecule has 2 fully saturated rings. The Hall–Kier alpha value is -3.12. The summed E-state index contributed by atoms with van der Waals surface area (Å²) in [5.74, 6) is -0.979. The van der Waals surface area contributed by atoms with Gasteiger partial charge in [0.2, 0.25) is 5.95 Å². The first kappa shape index (κ1) is 25.5. The normalized spacial score (nSPS) is 17.6. The molecule has 2 saturated heterocycles. The van der Waals surface area contributed by atoms with Crippen LogP contribution in [0, 0.1) is 0 Å². The number of alkyl halides is 3. The third kappa shape index (κ3) is 6.48. The van der Waals surface area contributed by atoms with Crippen molar-refractivity contribution in [2.45, 2.75) is 57.9 Å². The van der Waals surface area contributed by atoms with E-state index in [0.717, 1.165) is 11.9 Å². The molecule has 0 atom stereocenters. The zero-order valence-electron chi connectivity index (χ0n) is 19.4. The molecule has 0 saturated carbocycles. The van der Waals surface area contributed by atoms with Crippen molar-refractivity contribution >= 4 is 23.7 Å². The third-order valence-corrected chi connectivity index (χ3v) is 5.51. The zero-order chi connectivity index (χ0) is 24.9. The van der Waals surface area contributed by atoms with Gasteiger partial charge in [-0.2, -0.15) is 13.2 Å². The Labute approximate surface area is 195 Å². The highest BCUT2D eigenvalue weighted by Crippen LogP contribution is 2.31. The number of amides is 2. The third-order valence-electron chi connectivity index (χ3n) is 5.51. The average molecular weight is 486 g/mol. The van der Waals surface area contributed by atoms with Crippen LogP contribution in [0.5, 0.6) is 0 Å².